The fourth-order valence-corrected chi connectivity index (χ4v) is 4.26. The van der Waals surface area contributed by atoms with Crippen LogP contribution in [0.2, 0.25) is 0 Å². The predicted octanol–water partition coefficient (Wildman–Crippen LogP) is 4.90. The molecule has 0 atom stereocenters. The van der Waals surface area contributed by atoms with Crippen molar-refractivity contribution in [3.05, 3.63) is 76.4 Å². The second-order valence-electron chi connectivity index (χ2n) is 8.33. The van der Waals surface area contributed by atoms with E-state index in [1.54, 1.807) is 38.5 Å². The molecule has 1 aromatic heterocycles. The monoisotopic (exact) mass is 456 g/mol. The first-order valence-electron chi connectivity index (χ1n) is 10.6. The van der Waals surface area contributed by atoms with Crippen molar-refractivity contribution in [3.63, 3.8) is 0 Å². The first kappa shape index (κ1) is 22.6. The summed E-state index contributed by atoms with van der Waals surface area (Å²) in [6.45, 7) is 5.24. The van der Waals surface area contributed by atoms with Crippen LogP contribution in [-0.2, 0) is 23.0 Å². The van der Waals surface area contributed by atoms with Crippen molar-refractivity contribution in [2.75, 3.05) is 6.54 Å². The molecule has 4 rings (SSSR count). The fraction of sp³-hybridized carbons (Fsp3) is 0.280. The largest absolute Gasteiger partial charge is 0.459 e. The minimum absolute atomic E-state index is 0.0558. The molecule has 0 N–H and O–H groups in total. The lowest BCUT2D eigenvalue weighted by Crippen LogP contribution is -2.28. The standard InChI is InChI=1S/C25H23F3N2O3/c1-13(2)33-25(32)17-12-30(24(31)15-5-6-19(27)20(28)11-15)10-9-16-22-14(3)18(26)7-8-21(22)29(4)23(16)17/h5-8,11-13H,9-10H2,1-4H3. The number of nitrogens with zero attached hydrogens (tertiary/aromatic N) is 2. The van der Waals surface area contributed by atoms with Crippen molar-refractivity contribution >= 4 is 28.4 Å². The number of hydrogen-bond acceptors (Lipinski definition) is 3. The van der Waals surface area contributed by atoms with E-state index in [0.29, 0.717) is 23.1 Å². The van der Waals surface area contributed by atoms with Crippen molar-refractivity contribution in [3.8, 4) is 0 Å². The number of fused-ring (bicyclic) bond motifs is 3. The summed E-state index contributed by atoms with van der Waals surface area (Å²) >= 11 is 0. The summed E-state index contributed by atoms with van der Waals surface area (Å²) in [5, 5.41) is 0.679. The van der Waals surface area contributed by atoms with Gasteiger partial charge in [-0.15, -0.1) is 0 Å². The fourth-order valence-electron chi connectivity index (χ4n) is 4.26. The van der Waals surface area contributed by atoms with E-state index in [0.717, 1.165) is 23.2 Å². The Hall–Kier alpha value is -3.55. The van der Waals surface area contributed by atoms with E-state index in [2.05, 4.69) is 0 Å². The average Bonchev–Trinajstić information content (AvgIpc) is 2.91. The zero-order valence-corrected chi connectivity index (χ0v) is 18.7. The quantitative estimate of drug-likeness (QED) is 0.527. The smallest absolute Gasteiger partial charge is 0.342 e. The molecule has 0 spiro atoms. The van der Waals surface area contributed by atoms with Gasteiger partial charge in [0.05, 0.1) is 17.4 Å². The summed E-state index contributed by atoms with van der Waals surface area (Å²) in [6.07, 6.45) is 1.29. The third-order valence-corrected chi connectivity index (χ3v) is 5.79. The van der Waals surface area contributed by atoms with Crippen molar-refractivity contribution in [1.82, 2.24) is 9.47 Å². The first-order valence-corrected chi connectivity index (χ1v) is 10.6. The molecule has 2 aromatic carbocycles. The van der Waals surface area contributed by atoms with Crippen LogP contribution in [-0.4, -0.2) is 34.0 Å². The highest BCUT2D eigenvalue weighted by Gasteiger charge is 2.31. The van der Waals surface area contributed by atoms with Crippen molar-refractivity contribution < 1.29 is 27.5 Å². The Balaban J connectivity index is 1.89. The number of aromatic nitrogens is 1. The Morgan fingerprint density at radius 1 is 1.03 bits per heavy atom. The number of hydrogen-bond donors (Lipinski definition) is 0. The summed E-state index contributed by atoms with van der Waals surface area (Å²) in [5.41, 5.74) is 2.52. The molecule has 2 heterocycles. The molecule has 0 radical (unpaired) electrons. The Morgan fingerprint density at radius 2 is 1.73 bits per heavy atom. The number of halogens is 3. The predicted molar refractivity (Wildman–Crippen MR) is 118 cm³/mol. The maximum atomic E-state index is 14.4. The molecule has 172 valence electrons. The molecule has 8 heteroatoms. The van der Waals surface area contributed by atoms with Gasteiger partial charge in [0, 0.05) is 36.3 Å². The SMILES string of the molecule is Cc1c(F)ccc2c1c1c(n2C)C(C(=O)OC(C)C)=CN(C(=O)c2ccc(F)c(F)c2)CC1. The van der Waals surface area contributed by atoms with E-state index in [1.807, 2.05) is 0 Å². The van der Waals surface area contributed by atoms with E-state index in [1.165, 1.54) is 23.2 Å². The van der Waals surface area contributed by atoms with Crippen LogP contribution >= 0.6 is 0 Å². The van der Waals surface area contributed by atoms with Gasteiger partial charge in [-0.25, -0.2) is 18.0 Å². The van der Waals surface area contributed by atoms with Gasteiger partial charge < -0.3 is 14.2 Å². The van der Waals surface area contributed by atoms with Crippen LogP contribution in [0.5, 0.6) is 0 Å². The lowest BCUT2D eigenvalue weighted by Gasteiger charge is -2.19. The number of amides is 1. The molecule has 0 unspecified atom stereocenters. The van der Waals surface area contributed by atoms with E-state index in [-0.39, 0.29) is 23.5 Å². The molecule has 0 saturated heterocycles. The Bertz CT molecular complexity index is 1320. The molecule has 0 bridgehead atoms. The normalized spacial score (nSPS) is 13.7. The number of carbonyl (C=O) groups excluding carboxylic acids is 2. The summed E-state index contributed by atoms with van der Waals surface area (Å²) in [6, 6.07) is 5.93. The van der Waals surface area contributed by atoms with Gasteiger partial charge in [-0.1, -0.05) is 0 Å². The van der Waals surface area contributed by atoms with Crippen molar-refractivity contribution in [2.24, 2.45) is 7.05 Å². The summed E-state index contributed by atoms with van der Waals surface area (Å²) < 4.78 is 48.7. The van der Waals surface area contributed by atoms with Gasteiger partial charge in [-0.3, -0.25) is 4.79 Å². The maximum absolute atomic E-state index is 14.4. The van der Waals surface area contributed by atoms with Gasteiger partial charge in [0.25, 0.3) is 5.91 Å². The lowest BCUT2D eigenvalue weighted by atomic mass is 10.0. The Labute approximate surface area is 189 Å². The molecule has 3 aromatic rings. The van der Waals surface area contributed by atoms with Gasteiger partial charge in [0.15, 0.2) is 11.6 Å². The first-order chi connectivity index (χ1) is 15.6. The van der Waals surface area contributed by atoms with Crippen LogP contribution < -0.4 is 0 Å². The minimum Gasteiger partial charge on any atom is -0.459 e. The van der Waals surface area contributed by atoms with E-state index >= 15 is 0 Å². The molecule has 33 heavy (non-hydrogen) atoms. The van der Waals surface area contributed by atoms with Crippen molar-refractivity contribution in [2.45, 2.75) is 33.3 Å². The topological polar surface area (TPSA) is 51.5 Å². The molecule has 1 aliphatic heterocycles. The number of carbonyl (C=O) groups is 2. The highest BCUT2D eigenvalue weighted by Crippen LogP contribution is 2.36. The van der Waals surface area contributed by atoms with E-state index < -0.39 is 29.6 Å². The van der Waals surface area contributed by atoms with Gasteiger partial charge in [0.2, 0.25) is 0 Å². The summed E-state index contributed by atoms with van der Waals surface area (Å²) in [7, 11) is 1.77. The van der Waals surface area contributed by atoms with Crippen LogP contribution in [0.25, 0.3) is 16.5 Å². The van der Waals surface area contributed by atoms with Crippen LogP contribution in [0, 0.1) is 24.4 Å². The van der Waals surface area contributed by atoms with Gasteiger partial charge in [0.1, 0.15) is 5.82 Å². The zero-order valence-electron chi connectivity index (χ0n) is 18.7. The highest BCUT2D eigenvalue weighted by atomic mass is 19.2. The molecule has 0 fully saturated rings. The molecule has 0 saturated carbocycles. The summed E-state index contributed by atoms with van der Waals surface area (Å²) in [4.78, 5) is 27.5. The third kappa shape index (κ3) is 3.90. The number of esters is 1. The van der Waals surface area contributed by atoms with Crippen LogP contribution in [0.15, 0.2) is 36.5 Å². The number of benzene rings is 2. The number of rotatable bonds is 3. The summed E-state index contributed by atoms with van der Waals surface area (Å²) in [5.74, 6) is -3.80. The molecule has 5 nitrogen and oxygen atoms in total. The number of ether oxygens (including phenoxy) is 1. The maximum Gasteiger partial charge on any atom is 0.342 e. The number of aryl methyl sites for hydroxylation is 2. The zero-order chi connectivity index (χ0) is 24.0. The second-order valence-corrected chi connectivity index (χ2v) is 8.33. The Kier molecular flexibility index (Phi) is 5.78. The van der Waals surface area contributed by atoms with E-state index in [9.17, 15) is 22.8 Å². The van der Waals surface area contributed by atoms with Crippen LogP contribution in [0.4, 0.5) is 13.2 Å². The van der Waals surface area contributed by atoms with Crippen LogP contribution in [0.1, 0.15) is 41.0 Å². The molecular formula is C25H23F3N2O3. The van der Waals surface area contributed by atoms with Gasteiger partial charge in [-0.2, -0.15) is 0 Å². The second kappa shape index (κ2) is 8.42. The molecular weight excluding hydrogens is 433 g/mol. The van der Waals surface area contributed by atoms with Crippen molar-refractivity contribution in [1.29, 1.82) is 0 Å². The van der Waals surface area contributed by atoms with Crippen LogP contribution in [0.3, 0.4) is 0 Å². The molecule has 1 aliphatic rings. The molecule has 0 aliphatic carbocycles. The Morgan fingerprint density at radius 3 is 2.39 bits per heavy atom. The van der Waals surface area contributed by atoms with Gasteiger partial charge >= 0.3 is 5.97 Å². The lowest BCUT2D eigenvalue weighted by molar-refractivity contribution is -0.140. The van der Waals surface area contributed by atoms with Gasteiger partial charge in [-0.05, 0) is 68.7 Å². The minimum atomic E-state index is -1.14. The van der Waals surface area contributed by atoms with E-state index in [4.69, 9.17) is 4.74 Å². The highest BCUT2D eigenvalue weighted by molar-refractivity contribution is 6.18. The molecule has 1 amide bonds. The average molecular weight is 456 g/mol. The third-order valence-electron chi connectivity index (χ3n) is 5.79.